The van der Waals surface area contributed by atoms with Crippen molar-refractivity contribution in [2.75, 3.05) is 6.61 Å². The van der Waals surface area contributed by atoms with Crippen LogP contribution in [-0.4, -0.2) is 29.1 Å². The number of amides is 1. The average molecular weight is 279 g/mol. The predicted molar refractivity (Wildman–Crippen MR) is 75.8 cm³/mol. The third-order valence-corrected chi connectivity index (χ3v) is 2.80. The lowest BCUT2D eigenvalue weighted by Crippen LogP contribution is -2.45. The summed E-state index contributed by atoms with van der Waals surface area (Å²) in [6.07, 6.45) is 0.393. The molecular weight excluding hydrogens is 258 g/mol. The van der Waals surface area contributed by atoms with E-state index >= 15 is 0 Å². The van der Waals surface area contributed by atoms with Gasteiger partial charge in [-0.3, -0.25) is 9.59 Å². The van der Waals surface area contributed by atoms with E-state index < -0.39 is 11.5 Å². The molecule has 1 aromatic rings. The molecule has 0 atom stereocenters. The average Bonchev–Trinajstić information content (AvgIpc) is 2.34. The van der Waals surface area contributed by atoms with Crippen molar-refractivity contribution in [3.8, 4) is 5.75 Å². The van der Waals surface area contributed by atoms with Gasteiger partial charge < -0.3 is 15.2 Å². The van der Waals surface area contributed by atoms with Crippen molar-refractivity contribution >= 4 is 11.9 Å². The number of carbonyl (C=O) groups excluding carboxylic acids is 1. The molecule has 0 fully saturated rings. The van der Waals surface area contributed by atoms with Gasteiger partial charge in [0.15, 0.2) is 6.61 Å². The molecule has 1 amide bonds. The molecule has 0 aromatic heterocycles. The van der Waals surface area contributed by atoms with E-state index in [2.05, 4.69) is 5.32 Å². The fourth-order valence-electron chi connectivity index (χ4n) is 1.75. The number of carbonyl (C=O) groups is 2. The van der Waals surface area contributed by atoms with E-state index in [1.54, 1.807) is 19.9 Å². The first-order chi connectivity index (χ1) is 9.28. The Kier molecular flexibility index (Phi) is 5.55. The van der Waals surface area contributed by atoms with Crippen molar-refractivity contribution in [1.82, 2.24) is 5.32 Å². The molecule has 5 heteroatoms. The van der Waals surface area contributed by atoms with Crippen LogP contribution in [0.1, 0.15) is 32.3 Å². The van der Waals surface area contributed by atoms with Gasteiger partial charge in [-0.1, -0.05) is 12.1 Å². The third-order valence-electron chi connectivity index (χ3n) is 2.80. The second kappa shape index (κ2) is 6.93. The molecule has 0 heterocycles. The minimum absolute atomic E-state index is 0.0199. The first kappa shape index (κ1) is 16.0. The van der Waals surface area contributed by atoms with Crippen LogP contribution in [0.5, 0.6) is 5.75 Å². The summed E-state index contributed by atoms with van der Waals surface area (Å²) in [6, 6.07) is 7.44. The Bertz CT molecular complexity index is 483. The molecule has 20 heavy (non-hydrogen) atoms. The van der Waals surface area contributed by atoms with Gasteiger partial charge in [0.05, 0.1) is 0 Å². The van der Waals surface area contributed by atoms with Gasteiger partial charge in [-0.15, -0.1) is 0 Å². The van der Waals surface area contributed by atoms with Crippen molar-refractivity contribution in [3.05, 3.63) is 29.8 Å². The van der Waals surface area contributed by atoms with E-state index in [-0.39, 0.29) is 18.9 Å². The lowest BCUT2D eigenvalue weighted by Gasteiger charge is -2.25. The van der Waals surface area contributed by atoms with E-state index in [4.69, 9.17) is 9.84 Å². The number of carboxylic acid groups (broad SMARTS) is 1. The van der Waals surface area contributed by atoms with Gasteiger partial charge in [-0.05, 0) is 44.9 Å². The minimum Gasteiger partial charge on any atom is -0.484 e. The van der Waals surface area contributed by atoms with E-state index in [0.29, 0.717) is 12.2 Å². The molecular formula is C15H21NO4. The summed E-state index contributed by atoms with van der Waals surface area (Å²) in [7, 11) is 0. The topological polar surface area (TPSA) is 75.6 Å². The van der Waals surface area contributed by atoms with Gasteiger partial charge in [0.2, 0.25) is 0 Å². The van der Waals surface area contributed by atoms with Crippen molar-refractivity contribution in [3.63, 3.8) is 0 Å². The lowest BCUT2D eigenvalue weighted by atomic mass is 9.98. The standard InChI is InChI=1S/C15H21NO4/c1-11-5-4-6-12(9-11)20-10-13(17)16-15(2,3)8-7-14(18)19/h4-6,9H,7-8,10H2,1-3H3,(H,16,17)(H,18,19). The Hall–Kier alpha value is -2.04. The Morgan fingerprint density at radius 1 is 1.35 bits per heavy atom. The molecule has 2 N–H and O–H groups in total. The fourth-order valence-corrected chi connectivity index (χ4v) is 1.75. The van der Waals surface area contributed by atoms with Crippen LogP contribution >= 0.6 is 0 Å². The number of carboxylic acids is 1. The number of aryl methyl sites for hydroxylation is 1. The highest BCUT2D eigenvalue weighted by molar-refractivity contribution is 5.78. The van der Waals surface area contributed by atoms with Crippen LogP contribution in [0.15, 0.2) is 24.3 Å². The second-order valence-corrected chi connectivity index (χ2v) is 5.43. The molecule has 5 nitrogen and oxygen atoms in total. The number of hydrogen-bond acceptors (Lipinski definition) is 3. The predicted octanol–water partition coefficient (Wildman–Crippen LogP) is 2.13. The molecule has 0 radical (unpaired) electrons. The number of hydrogen-bond donors (Lipinski definition) is 2. The molecule has 0 unspecified atom stereocenters. The van der Waals surface area contributed by atoms with E-state index in [1.165, 1.54) is 0 Å². The molecule has 1 rings (SSSR count). The molecule has 0 aliphatic rings. The summed E-state index contributed by atoms with van der Waals surface area (Å²) in [5.41, 5.74) is 0.496. The van der Waals surface area contributed by atoms with Gasteiger partial charge in [0.1, 0.15) is 5.75 Å². The van der Waals surface area contributed by atoms with Crippen LogP contribution in [0.3, 0.4) is 0 Å². The van der Waals surface area contributed by atoms with Gasteiger partial charge in [0.25, 0.3) is 5.91 Å². The zero-order valence-electron chi connectivity index (χ0n) is 12.1. The summed E-state index contributed by atoms with van der Waals surface area (Å²) in [6.45, 7) is 5.45. The third kappa shape index (κ3) is 6.22. The molecule has 0 saturated carbocycles. The van der Waals surface area contributed by atoms with Crippen LogP contribution in [0, 0.1) is 6.92 Å². The monoisotopic (exact) mass is 279 g/mol. The Labute approximate surface area is 118 Å². The van der Waals surface area contributed by atoms with Crippen LogP contribution in [0.2, 0.25) is 0 Å². The maximum absolute atomic E-state index is 11.8. The molecule has 0 aliphatic carbocycles. The SMILES string of the molecule is Cc1cccc(OCC(=O)NC(C)(C)CCC(=O)O)c1. The molecule has 1 aromatic carbocycles. The molecule has 0 spiro atoms. The zero-order chi connectivity index (χ0) is 15.2. The first-order valence-corrected chi connectivity index (χ1v) is 6.51. The zero-order valence-corrected chi connectivity index (χ0v) is 12.1. The van der Waals surface area contributed by atoms with Crippen LogP contribution in [0.25, 0.3) is 0 Å². The molecule has 0 saturated heterocycles. The largest absolute Gasteiger partial charge is 0.484 e. The first-order valence-electron chi connectivity index (χ1n) is 6.51. The second-order valence-electron chi connectivity index (χ2n) is 5.43. The van der Waals surface area contributed by atoms with E-state index in [1.807, 2.05) is 25.1 Å². The van der Waals surface area contributed by atoms with Gasteiger partial charge in [0, 0.05) is 12.0 Å². The summed E-state index contributed by atoms with van der Waals surface area (Å²) < 4.78 is 5.39. The Balaban J connectivity index is 2.41. The quantitative estimate of drug-likeness (QED) is 0.801. The van der Waals surface area contributed by atoms with E-state index in [9.17, 15) is 9.59 Å². The number of rotatable bonds is 7. The number of nitrogens with one attached hydrogen (secondary N) is 1. The van der Waals surface area contributed by atoms with Crippen molar-refractivity contribution in [2.45, 2.75) is 39.2 Å². The van der Waals surface area contributed by atoms with Crippen LogP contribution in [0.4, 0.5) is 0 Å². The van der Waals surface area contributed by atoms with Gasteiger partial charge in [-0.2, -0.15) is 0 Å². The number of aliphatic carboxylic acids is 1. The lowest BCUT2D eigenvalue weighted by molar-refractivity contribution is -0.138. The molecule has 0 aliphatic heterocycles. The normalized spacial score (nSPS) is 10.9. The van der Waals surface area contributed by atoms with Gasteiger partial charge >= 0.3 is 5.97 Å². The minimum atomic E-state index is -0.872. The highest BCUT2D eigenvalue weighted by atomic mass is 16.5. The highest BCUT2D eigenvalue weighted by Gasteiger charge is 2.21. The van der Waals surface area contributed by atoms with Crippen LogP contribution in [-0.2, 0) is 9.59 Å². The summed E-state index contributed by atoms with van der Waals surface area (Å²) in [5.74, 6) is -0.492. The van der Waals surface area contributed by atoms with E-state index in [0.717, 1.165) is 5.56 Å². The van der Waals surface area contributed by atoms with Crippen LogP contribution < -0.4 is 10.1 Å². The Morgan fingerprint density at radius 3 is 2.65 bits per heavy atom. The van der Waals surface area contributed by atoms with Gasteiger partial charge in [-0.25, -0.2) is 0 Å². The summed E-state index contributed by atoms with van der Waals surface area (Å²) >= 11 is 0. The number of benzene rings is 1. The maximum atomic E-state index is 11.8. The highest BCUT2D eigenvalue weighted by Crippen LogP contribution is 2.13. The van der Waals surface area contributed by atoms with Crippen molar-refractivity contribution in [2.24, 2.45) is 0 Å². The number of ether oxygens (including phenoxy) is 1. The molecule has 0 bridgehead atoms. The maximum Gasteiger partial charge on any atom is 0.303 e. The fraction of sp³-hybridized carbons (Fsp3) is 0.467. The summed E-state index contributed by atoms with van der Waals surface area (Å²) in [5, 5.41) is 11.4. The van der Waals surface area contributed by atoms with Crippen molar-refractivity contribution < 1.29 is 19.4 Å². The van der Waals surface area contributed by atoms with Crippen molar-refractivity contribution in [1.29, 1.82) is 0 Å². The Morgan fingerprint density at radius 2 is 2.05 bits per heavy atom. The summed E-state index contributed by atoms with van der Waals surface area (Å²) in [4.78, 5) is 22.3. The molecule has 110 valence electrons. The smallest absolute Gasteiger partial charge is 0.303 e.